The third kappa shape index (κ3) is 13.7. The third-order valence-corrected chi connectivity index (χ3v) is 4.55. The summed E-state index contributed by atoms with van der Waals surface area (Å²) in [6.07, 6.45) is -2.19. The van der Waals surface area contributed by atoms with Gasteiger partial charge in [0.25, 0.3) is 0 Å². The van der Waals surface area contributed by atoms with Crippen LogP contribution in [0.2, 0.25) is 0 Å². The fourth-order valence-corrected chi connectivity index (χ4v) is 2.65. The molecule has 0 aromatic carbocycles. The summed E-state index contributed by atoms with van der Waals surface area (Å²) in [4.78, 5) is 36.0. The Morgan fingerprint density at radius 3 is 1.71 bits per heavy atom. The Hall–Kier alpha value is -1.20. The number of hydrogen-bond donors (Lipinski definition) is 10. The topological polar surface area (TPSA) is 189 Å². The maximum absolute atomic E-state index is 12.0. The molecular weight excluding hydrogens is 472 g/mol. The van der Waals surface area contributed by atoms with Crippen molar-refractivity contribution in [1.82, 2.24) is 21.3 Å². The molecule has 12 nitrogen and oxygen atoms in total. The van der Waals surface area contributed by atoms with Crippen LogP contribution >= 0.6 is 37.5 Å². The zero-order valence-corrected chi connectivity index (χ0v) is 19.3. The molecule has 0 aliphatic carbocycles. The van der Waals surface area contributed by atoms with Crippen molar-refractivity contribution in [1.29, 1.82) is 0 Å². The highest BCUT2D eigenvalue weighted by atomic mass is 32.1. The van der Waals surface area contributed by atoms with Gasteiger partial charge in [-0.05, 0) is 0 Å². The second-order valence-corrected chi connectivity index (χ2v) is 7.48. The van der Waals surface area contributed by atoms with Crippen molar-refractivity contribution in [3.8, 4) is 0 Å². The van der Waals surface area contributed by atoms with Crippen LogP contribution in [0.3, 0.4) is 0 Å². The van der Waals surface area contributed by atoms with Gasteiger partial charge in [-0.3, -0.25) is 14.4 Å². The number of aliphatic hydroxyl groups is 4. The molecule has 0 heterocycles. The normalized spacial score (nSPS) is 14.6. The molecule has 0 saturated carbocycles. The molecule has 0 bridgehead atoms. The Balaban J connectivity index is 4.31. The van der Waals surface area contributed by atoms with Gasteiger partial charge >= 0.3 is 0 Å². The molecule has 0 rings (SSSR count). The lowest BCUT2D eigenvalue weighted by Gasteiger charge is -2.19. The minimum atomic E-state index is -1.11. The van der Waals surface area contributed by atoms with E-state index < -0.39 is 61.8 Å². The van der Waals surface area contributed by atoms with Crippen LogP contribution < -0.4 is 21.3 Å². The molecule has 4 atom stereocenters. The SMILES string of the molecule is O=C(COCC(=S)NC(CS)C(=O)NCC(O)CO)NC(CS)C(=O)NCC(O)CO. The van der Waals surface area contributed by atoms with E-state index in [1.54, 1.807) is 0 Å². The second-order valence-electron chi connectivity index (χ2n) is 6.26. The van der Waals surface area contributed by atoms with E-state index in [9.17, 15) is 24.6 Å². The molecule has 0 fully saturated rings. The van der Waals surface area contributed by atoms with Gasteiger partial charge in [-0.1, -0.05) is 12.2 Å². The van der Waals surface area contributed by atoms with E-state index in [2.05, 4.69) is 46.5 Å². The number of hydrogen-bond acceptors (Lipinski definition) is 11. The maximum atomic E-state index is 12.0. The van der Waals surface area contributed by atoms with E-state index in [4.69, 9.17) is 27.2 Å². The molecule has 0 aliphatic heterocycles. The molecule has 0 aliphatic rings. The molecule has 0 saturated heterocycles. The van der Waals surface area contributed by atoms with Gasteiger partial charge in [0.05, 0.1) is 32.0 Å². The third-order valence-electron chi connectivity index (χ3n) is 3.58. The van der Waals surface area contributed by atoms with Crippen molar-refractivity contribution in [3.63, 3.8) is 0 Å². The summed E-state index contributed by atoms with van der Waals surface area (Å²) < 4.78 is 5.16. The molecule has 0 radical (unpaired) electrons. The number of ether oxygens (including phenoxy) is 1. The molecule has 4 unspecified atom stereocenters. The van der Waals surface area contributed by atoms with Crippen LogP contribution in [0, 0.1) is 0 Å². The summed E-state index contributed by atoms with van der Waals surface area (Å²) in [5.74, 6) is -1.60. The van der Waals surface area contributed by atoms with E-state index in [1.807, 2.05) is 0 Å². The number of rotatable bonds is 16. The first kappa shape index (κ1) is 29.8. The van der Waals surface area contributed by atoms with Gasteiger partial charge in [0.1, 0.15) is 23.7 Å². The Bertz CT molecular complexity index is 539. The van der Waals surface area contributed by atoms with Crippen LogP contribution in [0.15, 0.2) is 0 Å². The van der Waals surface area contributed by atoms with Gasteiger partial charge < -0.3 is 46.4 Å². The smallest absolute Gasteiger partial charge is 0.246 e. The lowest BCUT2D eigenvalue weighted by Crippen LogP contribution is -2.51. The van der Waals surface area contributed by atoms with Crippen molar-refractivity contribution in [2.24, 2.45) is 0 Å². The molecule has 3 amide bonds. The van der Waals surface area contributed by atoms with E-state index in [1.165, 1.54) is 0 Å². The van der Waals surface area contributed by atoms with Crippen molar-refractivity contribution in [3.05, 3.63) is 0 Å². The Kier molecular flexibility index (Phi) is 16.7. The van der Waals surface area contributed by atoms with Crippen molar-refractivity contribution in [2.75, 3.05) is 51.0 Å². The van der Waals surface area contributed by atoms with Crippen LogP contribution in [-0.2, 0) is 19.1 Å². The number of amides is 3. The number of nitrogens with one attached hydrogen (secondary N) is 4. The van der Waals surface area contributed by atoms with Crippen molar-refractivity contribution < 1.29 is 39.5 Å². The molecule has 180 valence electrons. The van der Waals surface area contributed by atoms with E-state index >= 15 is 0 Å². The van der Waals surface area contributed by atoms with Crippen LogP contribution in [0.25, 0.3) is 0 Å². The minimum absolute atomic E-state index is 0.00350. The molecular formula is C16H30N4O8S3. The highest BCUT2D eigenvalue weighted by Crippen LogP contribution is 1.93. The highest BCUT2D eigenvalue weighted by molar-refractivity contribution is 7.80. The van der Waals surface area contributed by atoms with Crippen molar-refractivity contribution >= 4 is 60.2 Å². The highest BCUT2D eigenvalue weighted by Gasteiger charge is 2.21. The average Bonchev–Trinajstić information content (AvgIpc) is 2.76. The number of carbonyl (C=O) groups excluding carboxylic acids is 3. The van der Waals surface area contributed by atoms with Crippen molar-refractivity contribution in [2.45, 2.75) is 24.3 Å². The number of aliphatic hydroxyl groups excluding tert-OH is 4. The second kappa shape index (κ2) is 17.4. The van der Waals surface area contributed by atoms with E-state index in [0.29, 0.717) is 0 Å². The lowest BCUT2D eigenvalue weighted by molar-refractivity contribution is -0.130. The van der Waals surface area contributed by atoms with Gasteiger partial charge in [0.15, 0.2) is 0 Å². The molecule has 15 heteroatoms. The monoisotopic (exact) mass is 502 g/mol. The molecule has 0 spiro atoms. The summed E-state index contributed by atoms with van der Waals surface area (Å²) in [5.41, 5.74) is 0. The fraction of sp³-hybridized carbons (Fsp3) is 0.750. The molecule has 0 aromatic rings. The Labute approximate surface area is 196 Å². The summed E-state index contributed by atoms with van der Waals surface area (Å²) in [5, 5.41) is 45.9. The van der Waals surface area contributed by atoms with Gasteiger partial charge in [-0.25, -0.2) is 0 Å². The summed E-state index contributed by atoms with van der Waals surface area (Å²) in [6.45, 7) is -1.92. The standard InChI is InChI=1S/C16H30N4O8S3/c21-3-9(23)1-17-15(26)11(7-29)19-13(25)5-28-6-14(31)20-12(8-30)16(27)18-2-10(24)4-22/h9-12,21-24,29-30H,1-8H2,(H,17,26)(H,18,27)(H,19,25)(H,20,31). The minimum Gasteiger partial charge on any atom is -0.394 e. The number of thiol groups is 2. The van der Waals surface area contributed by atoms with E-state index in [-0.39, 0.29) is 36.2 Å². The Morgan fingerprint density at radius 1 is 0.839 bits per heavy atom. The molecule has 8 N–H and O–H groups in total. The summed E-state index contributed by atoms with van der Waals surface area (Å²) in [7, 11) is 0. The summed E-state index contributed by atoms with van der Waals surface area (Å²) >= 11 is 13.1. The van der Waals surface area contributed by atoms with E-state index in [0.717, 1.165) is 0 Å². The molecule has 31 heavy (non-hydrogen) atoms. The van der Waals surface area contributed by atoms with Gasteiger partial charge in [-0.2, -0.15) is 25.3 Å². The van der Waals surface area contributed by atoms with Crippen LogP contribution in [0.4, 0.5) is 0 Å². The van der Waals surface area contributed by atoms with Gasteiger partial charge in [0.2, 0.25) is 17.7 Å². The lowest BCUT2D eigenvalue weighted by atomic mass is 10.3. The zero-order valence-electron chi connectivity index (χ0n) is 16.7. The first-order valence-corrected chi connectivity index (χ1v) is 10.9. The summed E-state index contributed by atoms with van der Waals surface area (Å²) in [6, 6.07) is -1.78. The zero-order chi connectivity index (χ0) is 23.8. The van der Waals surface area contributed by atoms with Gasteiger partial charge in [-0.15, -0.1) is 0 Å². The average molecular weight is 503 g/mol. The quantitative estimate of drug-likeness (QED) is 0.0728. The Morgan fingerprint density at radius 2 is 1.29 bits per heavy atom. The first-order chi connectivity index (χ1) is 14.7. The maximum Gasteiger partial charge on any atom is 0.246 e. The predicted molar refractivity (Wildman–Crippen MR) is 122 cm³/mol. The first-order valence-electron chi connectivity index (χ1n) is 9.19. The number of thiocarbonyl (C=S) groups is 1. The predicted octanol–water partition coefficient (Wildman–Crippen LogP) is -4.43. The van der Waals surface area contributed by atoms with Crippen LogP contribution in [0.1, 0.15) is 0 Å². The van der Waals surface area contributed by atoms with Gasteiger partial charge in [0, 0.05) is 24.6 Å². The molecule has 0 aromatic heterocycles. The van der Waals surface area contributed by atoms with Crippen LogP contribution in [-0.4, -0.2) is 118 Å². The fourth-order valence-electron chi connectivity index (χ4n) is 1.91. The van der Waals surface area contributed by atoms with Crippen LogP contribution in [0.5, 0.6) is 0 Å². The largest absolute Gasteiger partial charge is 0.394 e. The number of carbonyl (C=O) groups is 3.